The minimum absolute atomic E-state index is 0.178. The van der Waals surface area contributed by atoms with Crippen LogP contribution >= 0.6 is 0 Å². The highest BCUT2D eigenvalue weighted by molar-refractivity contribution is 6.00. The van der Waals surface area contributed by atoms with E-state index >= 15 is 0 Å². The molecule has 2 atom stereocenters. The maximum Gasteiger partial charge on any atom is 0.337 e. The second kappa shape index (κ2) is 15.6. The molecule has 3 aromatic rings. The topological polar surface area (TPSA) is 100 Å². The van der Waals surface area contributed by atoms with Gasteiger partial charge in [0.15, 0.2) is 0 Å². The SMILES string of the molecule is COC(=O)c1ccc(OCCCc2ccccc2OCc2ccc3c(c2)CCCC3)c(C(=O)NC2CCCC(C(=O)OC)C2)c1. The van der Waals surface area contributed by atoms with Gasteiger partial charge in [0.2, 0.25) is 0 Å². The van der Waals surface area contributed by atoms with Crippen LogP contribution in [0.4, 0.5) is 0 Å². The summed E-state index contributed by atoms with van der Waals surface area (Å²) in [4.78, 5) is 37.8. The Morgan fingerprint density at radius 2 is 1.64 bits per heavy atom. The molecule has 0 spiro atoms. The van der Waals surface area contributed by atoms with Gasteiger partial charge in [0.05, 0.1) is 37.9 Å². The van der Waals surface area contributed by atoms with Crippen LogP contribution in [0.25, 0.3) is 0 Å². The summed E-state index contributed by atoms with van der Waals surface area (Å²) in [6.45, 7) is 0.887. The molecular weight excluding hydrogens is 570 g/mol. The maximum atomic E-state index is 13.4. The molecule has 238 valence electrons. The van der Waals surface area contributed by atoms with E-state index < -0.39 is 5.97 Å². The zero-order valence-corrected chi connectivity index (χ0v) is 26.3. The van der Waals surface area contributed by atoms with Gasteiger partial charge in [-0.3, -0.25) is 9.59 Å². The number of aryl methyl sites for hydroxylation is 3. The number of esters is 2. The average molecular weight is 614 g/mol. The zero-order chi connectivity index (χ0) is 31.6. The summed E-state index contributed by atoms with van der Waals surface area (Å²) in [6.07, 6.45) is 9.10. The van der Waals surface area contributed by atoms with Gasteiger partial charge in [0.25, 0.3) is 5.91 Å². The molecule has 2 aliphatic carbocycles. The smallest absolute Gasteiger partial charge is 0.337 e. The molecule has 0 saturated heterocycles. The number of rotatable bonds is 12. The maximum absolute atomic E-state index is 13.4. The Balaban J connectivity index is 1.19. The van der Waals surface area contributed by atoms with Crippen LogP contribution in [0.3, 0.4) is 0 Å². The number of methoxy groups -OCH3 is 2. The number of benzene rings is 3. The lowest BCUT2D eigenvalue weighted by atomic mass is 9.85. The van der Waals surface area contributed by atoms with Crippen LogP contribution in [0.1, 0.15) is 87.9 Å². The van der Waals surface area contributed by atoms with E-state index in [-0.39, 0.29) is 35.0 Å². The van der Waals surface area contributed by atoms with E-state index in [2.05, 4.69) is 29.6 Å². The fraction of sp³-hybridized carbons (Fsp3) is 0.432. The predicted molar refractivity (Wildman–Crippen MR) is 171 cm³/mol. The van der Waals surface area contributed by atoms with Gasteiger partial charge < -0.3 is 24.3 Å². The summed E-state index contributed by atoms with van der Waals surface area (Å²) in [5.41, 5.74) is 5.71. The summed E-state index contributed by atoms with van der Waals surface area (Å²) in [6, 6.07) is 19.3. The third-order valence-electron chi connectivity index (χ3n) is 8.82. The molecule has 1 fully saturated rings. The Hall–Kier alpha value is -4.33. The van der Waals surface area contributed by atoms with Crippen molar-refractivity contribution in [3.63, 3.8) is 0 Å². The monoisotopic (exact) mass is 613 g/mol. The van der Waals surface area contributed by atoms with Crippen molar-refractivity contribution in [1.82, 2.24) is 5.32 Å². The average Bonchev–Trinajstić information content (AvgIpc) is 3.08. The molecule has 2 aliphatic rings. The fourth-order valence-corrected chi connectivity index (χ4v) is 6.38. The van der Waals surface area contributed by atoms with E-state index in [1.54, 1.807) is 12.1 Å². The van der Waals surface area contributed by atoms with Gasteiger partial charge in [-0.15, -0.1) is 0 Å². The Labute approximate surface area is 265 Å². The number of nitrogens with one attached hydrogen (secondary N) is 1. The quantitative estimate of drug-likeness (QED) is 0.186. The van der Waals surface area contributed by atoms with Crippen LogP contribution in [0.15, 0.2) is 60.7 Å². The van der Waals surface area contributed by atoms with Crippen LogP contribution in [0.5, 0.6) is 11.5 Å². The molecule has 8 heteroatoms. The van der Waals surface area contributed by atoms with E-state index in [0.29, 0.717) is 31.8 Å². The molecule has 3 aromatic carbocycles. The first-order valence-corrected chi connectivity index (χ1v) is 16.0. The van der Waals surface area contributed by atoms with Crippen LogP contribution in [-0.4, -0.2) is 44.7 Å². The van der Waals surface area contributed by atoms with Crippen molar-refractivity contribution in [3.8, 4) is 11.5 Å². The van der Waals surface area contributed by atoms with Crippen LogP contribution in [0, 0.1) is 5.92 Å². The van der Waals surface area contributed by atoms with Gasteiger partial charge in [-0.25, -0.2) is 4.79 Å². The van der Waals surface area contributed by atoms with Gasteiger partial charge in [-0.2, -0.15) is 0 Å². The zero-order valence-electron chi connectivity index (χ0n) is 26.3. The van der Waals surface area contributed by atoms with Crippen molar-refractivity contribution in [2.75, 3.05) is 20.8 Å². The molecule has 2 unspecified atom stereocenters. The van der Waals surface area contributed by atoms with E-state index in [0.717, 1.165) is 43.4 Å². The van der Waals surface area contributed by atoms with Crippen molar-refractivity contribution < 1.29 is 33.3 Å². The molecule has 45 heavy (non-hydrogen) atoms. The minimum Gasteiger partial charge on any atom is -0.493 e. The van der Waals surface area contributed by atoms with Crippen LogP contribution in [0.2, 0.25) is 0 Å². The number of carbonyl (C=O) groups excluding carboxylic acids is 3. The van der Waals surface area contributed by atoms with Crippen molar-refractivity contribution in [2.24, 2.45) is 5.92 Å². The molecule has 1 N–H and O–H groups in total. The van der Waals surface area contributed by atoms with Gasteiger partial charge in [0.1, 0.15) is 18.1 Å². The predicted octanol–water partition coefficient (Wildman–Crippen LogP) is 6.40. The van der Waals surface area contributed by atoms with E-state index in [4.69, 9.17) is 18.9 Å². The Morgan fingerprint density at radius 1 is 0.822 bits per heavy atom. The largest absolute Gasteiger partial charge is 0.493 e. The molecule has 0 radical (unpaired) electrons. The molecule has 0 aromatic heterocycles. The second-order valence-electron chi connectivity index (χ2n) is 11.9. The highest BCUT2D eigenvalue weighted by Gasteiger charge is 2.29. The number of ether oxygens (including phenoxy) is 4. The molecule has 1 saturated carbocycles. The summed E-state index contributed by atoms with van der Waals surface area (Å²) in [7, 11) is 2.68. The van der Waals surface area contributed by atoms with Crippen LogP contribution in [-0.2, 0) is 40.1 Å². The molecule has 5 rings (SSSR count). The Bertz CT molecular complexity index is 1500. The number of hydrogen-bond donors (Lipinski definition) is 1. The highest BCUT2D eigenvalue weighted by atomic mass is 16.5. The summed E-state index contributed by atoms with van der Waals surface area (Å²) in [5.74, 6) is -0.140. The van der Waals surface area contributed by atoms with Crippen LogP contribution < -0.4 is 14.8 Å². The number of hydrogen-bond acceptors (Lipinski definition) is 7. The van der Waals surface area contributed by atoms with Gasteiger partial charge in [0, 0.05) is 6.04 Å². The highest BCUT2D eigenvalue weighted by Crippen LogP contribution is 2.28. The van der Waals surface area contributed by atoms with E-state index in [1.807, 2.05) is 18.2 Å². The molecular formula is C37H43NO7. The summed E-state index contributed by atoms with van der Waals surface area (Å²) < 4.78 is 22.2. The standard InChI is InChI=1S/C37H43NO7/c1-42-36(40)29-12-7-14-31(22-29)38-35(39)32-23-30(37(41)43-2)18-19-34(32)44-20-8-13-27-10-5-6-15-33(27)45-24-25-16-17-26-9-3-4-11-28(26)21-25/h5-6,10,15-19,21,23,29,31H,3-4,7-9,11-14,20,22,24H2,1-2H3,(H,38,39). The van der Waals surface area contributed by atoms with E-state index in [1.165, 1.54) is 56.2 Å². The van der Waals surface area contributed by atoms with Gasteiger partial charge >= 0.3 is 11.9 Å². The molecule has 0 aliphatic heterocycles. The fourth-order valence-electron chi connectivity index (χ4n) is 6.38. The third-order valence-corrected chi connectivity index (χ3v) is 8.82. The molecule has 8 nitrogen and oxygen atoms in total. The summed E-state index contributed by atoms with van der Waals surface area (Å²) >= 11 is 0. The Morgan fingerprint density at radius 3 is 2.47 bits per heavy atom. The lowest BCUT2D eigenvalue weighted by Gasteiger charge is -2.28. The molecule has 0 bridgehead atoms. The third kappa shape index (κ3) is 8.44. The molecule has 0 heterocycles. The lowest BCUT2D eigenvalue weighted by Crippen LogP contribution is -2.40. The first-order chi connectivity index (χ1) is 21.9. The van der Waals surface area contributed by atoms with Gasteiger partial charge in [-0.05, 0) is 104 Å². The van der Waals surface area contributed by atoms with E-state index in [9.17, 15) is 14.4 Å². The number of carbonyl (C=O) groups is 3. The normalized spacial score (nSPS) is 17.5. The Kier molecular flexibility index (Phi) is 11.1. The number of fused-ring (bicyclic) bond motifs is 1. The lowest BCUT2D eigenvalue weighted by molar-refractivity contribution is -0.146. The number of para-hydroxylation sites is 1. The van der Waals surface area contributed by atoms with Crippen molar-refractivity contribution in [1.29, 1.82) is 0 Å². The first kappa shape index (κ1) is 32.1. The first-order valence-electron chi connectivity index (χ1n) is 16.0. The van der Waals surface area contributed by atoms with Crippen molar-refractivity contribution in [3.05, 3.63) is 94.0 Å². The number of amides is 1. The second-order valence-corrected chi connectivity index (χ2v) is 11.9. The van der Waals surface area contributed by atoms with Crippen molar-refractivity contribution >= 4 is 17.8 Å². The summed E-state index contributed by atoms with van der Waals surface area (Å²) in [5, 5.41) is 3.04. The van der Waals surface area contributed by atoms with Crippen molar-refractivity contribution in [2.45, 2.75) is 76.9 Å². The minimum atomic E-state index is -0.536. The van der Waals surface area contributed by atoms with Gasteiger partial charge in [-0.1, -0.05) is 42.8 Å². The molecule has 1 amide bonds.